The molecule has 0 saturated carbocycles. The van der Waals surface area contributed by atoms with Gasteiger partial charge in [-0.15, -0.1) is 0 Å². The average molecular weight is 231 g/mol. The first-order valence-electron chi connectivity index (χ1n) is 4.33. The number of hydrogen-bond donors (Lipinski definition) is 1. The molecular formula is C8H8ClFN4O. The average Bonchev–Trinajstić information content (AvgIpc) is 2.08. The van der Waals surface area contributed by atoms with E-state index >= 15 is 0 Å². The van der Waals surface area contributed by atoms with E-state index in [1.165, 1.54) is 0 Å². The Bertz CT molecular complexity index is 414. The second kappa shape index (κ2) is 3.62. The van der Waals surface area contributed by atoms with Gasteiger partial charge in [0.25, 0.3) is 0 Å². The van der Waals surface area contributed by atoms with Gasteiger partial charge in [0.05, 0.1) is 6.20 Å². The van der Waals surface area contributed by atoms with Crippen LogP contribution in [0.2, 0.25) is 5.02 Å². The SMILES string of the molecule is NC(=O)C1CCN1c1nc(F)ncc1Cl. The number of halogens is 2. The summed E-state index contributed by atoms with van der Waals surface area (Å²) in [6.07, 6.45) is 0.928. The number of hydrogen-bond acceptors (Lipinski definition) is 4. The molecule has 0 radical (unpaired) electrons. The van der Waals surface area contributed by atoms with Gasteiger partial charge in [-0.2, -0.15) is 9.37 Å². The lowest BCUT2D eigenvalue weighted by Gasteiger charge is -2.39. The molecule has 0 bridgehead atoms. The molecule has 1 saturated heterocycles. The Morgan fingerprint density at radius 3 is 3.00 bits per heavy atom. The maximum absolute atomic E-state index is 12.8. The summed E-state index contributed by atoms with van der Waals surface area (Å²) in [5.74, 6) is -0.240. The van der Waals surface area contributed by atoms with E-state index in [0.717, 1.165) is 6.20 Å². The topological polar surface area (TPSA) is 72.1 Å². The second-order valence-corrected chi connectivity index (χ2v) is 3.62. The molecule has 1 fully saturated rings. The summed E-state index contributed by atoms with van der Waals surface area (Å²) in [5.41, 5.74) is 5.15. The number of aromatic nitrogens is 2. The van der Waals surface area contributed by atoms with Gasteiger partial charge in [-0.1, -0.05) is 11.6 Å². The standard InChI is InChI=1S/C8H8ClFN4O/c9-4-3-12-8(10)13-7(4)14-2-1-5(14)6(11)15/h3,5H,1-2H2,(H2,11,15). The van der Waals surface area contributed by atoms with Crippen molar-refractivity contribution in [2.75, 3.05) is 11.4 Å². The molecule has 1 aromatic rings. The van der Waals surface area contributed by atoms with Crippen LogP contribution in [-0.2, 0) is 4.79 Å². The van der Waals surface area contributed by atoms with Crippen LogP contribution in [0.3, 0.4) is 0 Å². The molecule has 1 atom stereocenters. The summed E-state index contributed by atoms with van der Waals surface area (Å²) < 4.78 is 12.8. The fraction of sp³-hybridized carbons (Fsp3) is 0.375. The highest BCUT2D eigenvalue weighted by molar-refractivity contribution is 6.32. The van der Waals surface area contributed by atoms with Crippen molar-refractivity contribution in [1.29, 1.82) is 0 Å². The van der Waals surface area contributed by atoms with Crippen molar-refractivity contribution in [3.63, 3.8) is 0 Å². The normalized spacial score (nSPS) is 19.9. The third kappa shape index (κ3) is 1.72. The predicted octanol–water partition coefficient (Wildman–Crippen LogP) is 0.333. The maximum atomic E-state index is 12.8. The lowest BCUT2D eigenvalue weighted by Crippen LogP contribution is -2.55. The molecule has 1 amide bonds. The molecule has 2 N–H and O–H groups in total. The molecule has 2 rings (SSSR count). The third-order valence-corrected chi connectivity index (χ3v) is 2.58. The summed E-state index contributed by atoms with van der Waals surface area (Å²) in [7, 11) is 0. The maximum Gasteiger partial charge on any atom is 0.310 e. The summed E-state index contributed by atoms with van der Waals surface area (Å²) in [6.45, 7) is 0.587. The highest BCUT2D eigenvalue weighted by atomic mass is 35.5. The van der Waals surface area contributed by atoms with E-state index in [2.05, 4.69) is 9.97 Å². The van der Waals surface area contributed by atoms with Crippen LogP contribution in [0.4, 0.5) is 10.2 Å². The monoisotopic (exact) mass is 230 g/mol. The lowest BCUT2D eigenvalue weighted by molar-refractivity contribution is -0.120. The molecular weight excluding hydrogens is 223 g/mol. The number of nitrogens with zero attached hydrogens (tertiary/aromatic N) is 3. The van der Waals surface area contributed by atoms with Gasteiger partial charge >= 0.3 is 6.08 Å². The van der Waals surface area contributed by atoms with E-state index in [1.54, 1.807) is 4.90 Å². The number of amides is 1. The number of carbonyl (C=O) groups is 1. The van der Waals surface area contributed by atoms with E-state index < -0.39 is 18.0 Å². The van der Waals surface area contributed by atoms with Crippen LogP contribution in [0, 0.1) is 6.08 Å². The first-order valence-corrected chi connectivity index (χ1v) is 4.71. The first-order chi connectivity index (χ1) is 7.09. The zero-order chi connectivity index (χ0) is 11.0. The molecule has 0 spiro atoms. The number of nitrogens with two attached hydrogens (primary N) is 1. The van der Waals surface area contributed by atoms with Crippen molar-refractivity contribution in [1.82, 2.24) is 9.97 Å². The highest BCUT2D eigenvalue weighted by Crippen LogP contribution is 2.30. The van der Waals surface area contributed by atoms with Gasteiger partial charge in [-0.3, -0.25) is 4.79 Å². The number of rotatable bonds is 2. The molecule has 1 aromatic heterocycles. The fourth-order valence-corrected chi connectivity index (χ4v) is 1.68. The Labute approximate surface area is 90.1 Å². The van der Waals surface area contributed by atoms with Crippen molar-refractivity contribution >= 4 is 23.3 Å². The Balaban J connectivity index is 2.30. The Morgan fingerprint density at radius 2 is 2.47 bits per heavy atom. The van der Waals surface area contributed by atoms with Crippen LogP contribution in [-0.4, -0.2) is 28.5 Å². The Hall–Kier alpha value is -1.43. The van der Waals surface area contributed by atoms with Gasteiger partial charge < -0.3 is 10.6 Å². The first kappa shape index (κ1) is 10.1. The van der Waals surface area contributed by atoms with Crippen LogP contribution in [0.1, 0.15) is 6.42 Å². The zero-order valence-corrected chi connectivity index (χ0v) is 8.41. The second-order valence-electron chi connectivity index (χ2n) is 3.21. The molecule has 0 aliphatic carbocycles. The summed E-state index contributed by atoms with van der Waals surface area (Å²) in [6, 6.07) is -0.447. The van der Waals surface area contributed by atoms with Gasteiger partial charge in [0.15, 0.2) is 5.82 Å². The zero-order valence-electron chi connectivity index (χ0n) is 7.65. The molecule has 1 aliphatic rings. The van der Waals surface area contributed by atoms with E-state index in [-0.39, 0.29) is 10.8 Å². The van der Waals surface area contributed by atoms with Crippen LogP contribution >= 0.6 is 11.6 Å². The predicted molar refractivity (Wildman–Crippen MR) is 51.9 cm³/mol. The van der Waals surface area contributed by atoms with Gasteiger partial charge in [0.2, 0.25) is 5.91 Å². The van der Waals surface area contributed by atoms with Crippen LogP contribution in [0.5, 0.6) is 0 Å². The third-order valence-electron chi connectivity index (χ3n) is 2.32. The highest BCUT2D eigenvalue weighted by Gasteiger charge is 2.35. The largest absolute Gasteiger partial charge is 0.368 e. The summed E-state index contributed by atoms with van der Waals surface area (Å²) in [5, 5.41) is 0.211. The lowest BCUT2D eigenvalue weighted by atomic mass is 10.0. The molecule has 0 aromatic carbocycles. The molecule has 1 aliphatic heterocycles. The molecule has 1 unspecified atom stereocenters. The molecule has 7 heteroatoms. The summed E-state index contributed by atoms with van der Waals surface area (Å²) >= 11 is 5.79. The van der Waals surface area contributed by atoms with Gasteiger partial charge in [0.1, 0.15) is 11.1 Å². The molecule has 5 nitrogen and oxygen atoms in total. The van der Waals surface area contributed by atoms with Crippen LogP contribution in [0.15, 0.2) is 6.20 Å². The minimum absolute atomic E-state index is 0.211. The van der Waals surface area contributed by atoms with E-state index in [9.17, 15) is 9.18 Å². The number of primary amides is 1. The van der Waals surface area contributed by atoms with Gasteiger partial charge in [0, 0.05) is 6.54 Å². The van der Waals surface area contributed by atoms with Crippen molar-refractivity contribution in [3.8, 4) is 0 Å². The number of anilines is 1. The van der Waals surface area contributed by atoms with Gasteiger partial charge in [-0.25, -0.2) is 4.98 Å². The smallest absolute Gasteiger partial charge is 0.310 e. The van der Waals surface area contributed by atoms with Crippen molar-refractivity contribution in [2.45, 2.75) is 12.5 Å². The Kier molecular flexibility index (Phi) is 2.44. The number of carbonyl (C=O) groups excluding carboxylic acids is 1. The minimum atomic E-state index is -0.871. The fourth-order valence-electron chi connectivity index (χ4n) is 1.48. The van der Waals surface area contributed by atoms with E-state index in [1.807, 2.05) is 0 Å². The quantitative estimate of drug-likeness (QED) is 0.744. The molecule has 15 heavy (non-hydrogen) atoms. The van der Waals surface area contributed by atoms with Crippen molar-refractivity contribution in [2.24, 2.45) is 5.73 Å². The van der Waals surface area contributed by atoms with E-state index in [4.69, 9.17) is 17.3 Å². The Morgan fingerprint density at radius 1 is 1.73 bits per heavy atom. The van der Waals surface area contributed by atoms with Crippen LogP contribution < -0.4 is 10.6 Å². The van der Waals surface area contributed by atoms with Crippen molar-refractivity contribution < 1.29 is 9.18 Å². The van der Waals surface area contributed by atoms with Crippen molar-refractivity contribution in [3.05, 3.63) is 17.3 Å². The van der Waals surface area contributed by atoms with Crippen LogP contribution in [0.25, 0.3) is 0 Å². The van der Waals surface area contributed by atoms with Gasteiger partial charge in [-0.05, 0) is 6.42 Å². The minimum Gasteiger partial charge on any atom is -0.368 e. The molecule has 2 heterocycles. The molecule has 80 valence electrons. The summed E-state index contributed by atoms with van der Waals surface area (Å²) in [4.78, 5) is 19.4. The van der Waals surface area contributed by atoms with E-state index in [0.29, 0.717) is 13.0 Å².